The quantitative estimate of drug-likeness (QED) is 0.450. The Labute approximate surface area is 217 Å². The minimum Gasteiger partial charge on any atom is -0.496 e. The van der Waals surface area contributed by atoms with E-state index in [1.54, 1.807) is 19.2 Å². The largest absolute Gasteiger partial charge is 0.496 e. The fraction of sp³-hybridized carbons (Fsp3) is 0.333. The molecule has 0 radical (unpaired) electrons. The van der Waals surface area contributed by atoms with Crippen molar-refractivity contribution in [2.24, 2.45) is 0 Å². The number of hydrogen-bond acceptors (Lipinski definition) is 4. The minimum atomic E-state index is -0.847. The first-order valence-corrected chi connectivity index (χ1v) is 12.9. The number of carbonyl (C=O) groups excluding carboxylic acids is 2. The molecule has 1 unspecified atom stereocenters. The summed E-state index contributed by atoms with van der Waals surface area (Å²) in [7, 11) is 1.61. The van der Waals surface area contributed by atoms with Gasteiger partial charge in [0.25, 0.3) is 5.91 Å². The average Bonchev–Trinajstić information content (AvgIpc) is 3.21. The lowest BCUT2D eigenvalue weighted by molar-refractivity contribution is -0.124. The molecule has 2 aliphatic rings. The summed E-state index contributed by atoms with van der Waals surface area (Å²) < 4.78 is 19.7. The predicted molar refractivity (Wildman–Crippen MR) is 142 cm³/mol. The molecule has 1 N–H and O–H groups in total. The zero-order valence-corrected chi connectivity index (χ0v) is 21.0. The van der Waals surface area contributed by atoms with E-state index in [-0.39, 0.29) is 24.4 Å². The molecule has 3 aromatic carbocycles. The highest BCUT2D eigenvalue weighted by atomic mass is 19.1. The Hall–Kier alpha value is -3.71. The van der Waals surface area contributed by atoms with E-state index in [1.165, 1.54) is 23.5 Å². The molecule has 192 valence electrons. The van der Waals surface area contributed by atoms with E-state index in [9.17, 15) is 14.0 Å². The van der Waals surface area contributed by atoms with Gasteiger partial charge in [0.15, 0.2) is 0 Å². The lowest BCUT2D eigenvalue weighted by atomic mass is 9.94. The molecule has 0 saturated heterocycles. The smallest absolute Gasteiger partial charge is 0.255 e. The fourth-order valence-corrected chi connectivity index (χ4v) is 5.59. The van der Waals surface area contributed by atoms with Gasteiger partial charge >= 0.3 is 0 Å². The van der Waals surface area contributed by atoms with Crippen LogP contribution in [0.2, 0.25) is 0 Å². The Kier molecular flexibility index (Phi) is 7.51. The summed E-state index contributed by atoms with van der Waals surface area (Å²) in [4.78, 5) is 31.2. The normalized spacial score (nSPS) is 17.5. The van der Waals surface area contributed by atoms with Gasteiger partial charge in [-0.3, -0.25) is 14.5 Å². The van der Waals surface area contributed by atoms with E-state index in [1.807, 2.05) is 53.4 Å². The van der Waals surface area contributed by atoms with Crippen LogP contribution in [0.3, 0.4) is 0 Å². The number of nitrogens with one attached hydrogen (secondary N) is 1. The number of rotatable bonds is 8. The van der Waals surface area contributed by atoms with Crippen LogP contribution in [0.4, 0.5) is 15.8 Å². The minimum absolute atomic E-state index is 0.0239. The Morgan fingerprint density at radius 1 is 1.03 bits per heavy atom. The van der Waals surface area contributed by atoms with Gasteiger partial charge in [-0.05, 0) is 43.2 Å². The zero-order valence-electron chi connectivity index (χ0n) is 21.0. The van der Waals surface area contributed by atoms with Gasteiger partial charge in [-0.25, -0.2) is 4.39 Å². The maximum atomic E-state index is 14.3. The number of fused-ring (bicyclic) bond motifs is 1. The van der Waals surface area contributed by atoms with Gasteiger partial charge in [0.1, 0.15) is 17.6 Å². The second-order valence-corrected chi connectivity index (χ2v) is 9.62. The van der Waals surface area contributed by atoms with Crippen LogP contribution < -0.4 is 19.9 Å². The van der Waals surface area contributed by atoms with Crippen LogP contribution in [-0.2, 0) is 16.1 Å². The zero-order chi connectivity index (χ0) is 25.8. The van der Waals surface area contributed by atoms with Gasteiger partial charge < -0.3 is 15.0 Å². The molecule has 5 rings (SSSR count). The van der Waals surface area contributed by atoms with E-state index in [4.69, 9.17) is 4.74 Å². The molecular weight excluding hydrogens is 469 g/mol. The van der Waals surface area contributed by atoms with E-state index in [0.29, 0.717) is 12.2 Å². The van der Waals surface area contributed by atoms with Gasteiger partial charge in [0.05, 0.1) is 13.7 Å². The highest BCUT2D eigenvalue weighted by Crippen LogP contribution is 2.44. The first-order chi connectivity index (χ1) is 18.1. The SMILES string of the molecule is COc1ccccc1CNCC(=O)N(c1cccc(F)c1)C1C(=O)N(C2CCCCC2)c2ccccc21. The van der Waals surface area contributed by atoms with Crippen molar-refractivity contribution in [1.82, 2.24) is 5.32 Å². The average molecular weight is 502 g/mol. The molecule has 1 atom stereocenters. The summed E-state index contributed by atoms with van der Waals surface area (Å²) in [5.41, 5.74) is 2.91. The van der Waals surface area contributed by atoms with Crippen molar-refractivity contribution in [2.45, 2.75) is 50.7 Å². The van der Waals surface area contributed by atoms with Crippen LogP contribution in [0.1, 0.15) is 49.3 Å². The van der Waals surface area contributed by atoms with Crippen LogP contribution >= 0.6 is 0 Å². The van der Waals surface area contributed by atoms with Crippen molar-refractivity contribution in [2.75, 3.05) is 23.5 Å². The molecule has 1 heterocycles. The summed E-state index contributed by atoms with van der Waals surface area (Å²) >= 11 is 0. The van der Waals surface area contributed by atoms with Crippen molar-refractivity contribution in [3.63, 3.8) is 0 Å². The van der Waals surface area contributed by atoms with Gasteiger partial charge in [-0.15, -0.1) is 0 Å². The van der Waals surface area contributed by atoms with E-state index >= 15 is 0 Å². The maximum Gasteiger partial charge on any atom is 0.255 e. The third-order valence-electron chi connectivity index (χ3n) is 7.30. The second kappa shape index (κ2) is 11.1. The second-order valence-electron chi connectivity index (χ2n) is 9.62. The lowest BCUT2D eigenvalue weighted by Crippen LogP contribution is -2.47. The van der Waals surface area contributed by atoms with E-state index < -0.39 is 11.9 Å². The van der Waals surface area contributed by atoms with Crippen molar-refractivity contribution >= 4 is 23.2 Å². The number of anilines is 2. The summed E-state index contributed by atoms with van der Waals surface area (Å²) in [6.07, 6.45) is 5.24. The molecular formula is C30H32FN3O3. The summed E-state index contributed by atoms with van der Waals surface area (Å²) in [6.45, 7) is 0.389. The number of halogens is 1. The van der Waals surface area contributed by atoms with Crippen molar-refractivity contribution in [3.05, 3.63) is 89.7 Å². The van der Waals surface area contributed by atoms with Crippen LogP contribution in [0.5, 0.6) is 5.75 Å². The van der Waals surface area contributed by atoms with Crippen LogP contribution in [0.25, 0.3) is 0 Å². The number of methoxy groups -OCH3 is 1. The molecule has 1 aliphatic carbocycles. The lowest BCUT2D eigenvalue weighted by Gasteiger charge is -2.33. The number of carbonyl (C=O) groups is 2. The summed E-state index contributed by atoms with van der Waals surface area (Å²) in [6, 6.07) is 20.4. The molecule has 6 nitrogen and oxygen atoms in total. The van der Waals surface area contributed by atoms with Crippen molar-refractivity contribution in [3.8, 4) is 5.75 Å². The molecule has 2 amide bonds. The Morgan fingerprint density at radius 2 is 1.78 bits per heavy atom. The molecule has 1 saturated carbocycles. The summed E-state index contributed by atoms with van der Waals surface area (Å²) in [5, 5.41) is 3.19. The number of nitrogens with zero attached hydrogens (tertiary/aromatic N) is 2. The molecule has 1 fully saturated rings. The van der Waals surface area contributed by atoms with Crippen molar-refractivity contribution < 1.29 is 18.7 Å². The highest BCUT2D eigenvalue weighted by molar-refractivity contribution is 6.12. The maximum absolute atomic E-state index is 14.3. The Morgan fingerprint density at radius 3 is 2.57 bits per heavy atom. The molecule has 0 bridgehead atoms. The fourth-order valence-electron chi connectivity index (χ4n) is 5.59. The Bertz CT molecular complexity index is 1270. The highest BCUT2D eigenvalue weighted by Gasteiger charge is 2.45. The molecule has 0 aromatic heterocycles. The van der Waals surface area contributed by atoms with Gasteiger partial charge in [-0.2, -0.15) is 0 Å². The predicted octanol–water partition coefficient (Wildman–Crippen LogP) is 5.38. The topological polar surface area (TPSA) is 61.9 Å². The van der Waals surface area contributed by atoms with Gasteiger partial charge in [0, 0.05) is 35.1 Å². The van der Waals surface area contributed by atoms with Gasteiger partial charge in [0.2, 0.25) is 5.91 Å². The van der Waals surface area contributed by atoms with E-state index in [0.717, 1.165) is 48.2 Å². The molecule has 0 spiro atoms. The van der Waals surface area contributed by atoms with E-state index in [2.05, 4.69) is 5.32 Å². The molecule has 3 aromatic rings. The molecule has 1 aliphatic heterocycles. The number of hydrogen-bond donors (Lipinski definition) is 1. The third kappa shape index (κ3) is 5.09. The van der Waals surface area contributed by atoms with Crippen molar-refractivity contribution in [1.29, 1.82) is 0 Å². The number of benzene rings is 3. The number of para-hydroxylation sites is 2. The number of ether oxygens (including phenoxy) is 1. The number of amides is 2. The first-order valence-electron chi connectivity index (χ1n) is 12.9. The van der Waals surface area contributed by atoms with Gasteiger partial charge in [-0.1, -0.05) is 61.7 Å². The monoisotopic (exact) mass is 501 g/mol. The standard InChI is InChI=1S/C30H32FN3O3/c1-37-27-17-8-5-10-21(27)19-32-20-28(35)34(24-14-9-11-22(31)18-24)29-25-15-6-7-16-26(25)33(30(29)36)23-12-3-2-4-13-23/h5-11,14-18,23,29,32H,2-4,12-13,19-20H2,1H3. The molecule has 37 heavy (non-hydrogen) atoms. The first kappa shape index (κ1) is 25.0. The Balaban J connectivity index is 1.45. The summed E-state index contributed by atoms with van der Waals surface area (Å²) in [5.74, 6) is -0.165. The van der Waals surface area contributed by atoms with Crippen LogP contribution in [0.15, 0.2) is 72.8 Å². The third-order valence-corrected chi connectivity index (χ3v) is 7.30. The molecule has 7 heteroatoms. The van der Waals surface area contributed by atoms with Crippen LogP contribution in [0, 0.1) is 5.82 Å². The van der Waals surface area contributed by atoms with Crippen LogP contribution in [-0.4, -0.2) is 31.5 Å².